The lowest BCUT2D eigenvalue weighted by molar-refractivity contribution is -0.156. The molecule has 0 aliphatic carbocycles. The maximum absolute atomic E-state index is 11.7. The van der Waals surface area contributed by atoms with Crippen LogP contribution in [0.1, 0.15) is 26.3 Å². The zero-order valence-corrected chi connectivity index (χ0v) is 12.0. The van der Waals surface area contributed by atoms with Crippen molar-refractivity contribution in [2.75, 3.05) is 0 Å². The van der Waals surface area contributed by atoms with Crippen LogP contribution in [0.25, 0.3) is 0 Å². The largest absolute Gasteiger partial charge is 0.459 e. The average molecular weight is 300 g/mol. The molecule has 1 unspecified atom stereocenters. The molecule has 0 saturated carbocycles. The zero-order chi connectivity index (χ0) is 13.1. The number of carbonyl (C=O) groups excluding carboxylic acids is 1. The van der Waals surface area contributed by atoms with Crippen LogP contribution in [-0.2, 0) is 16.0 Å². The van der Waals surface area contributed by atoms with Crippen LogP contribution in [0.15, 0.2) is 28.7 Å². The van der Waals surface area contributed by atoms with Crippen molar-refractivity contribution in [1.29, 1.82) is 0 Å². The van der Waals surface area contributed by atoms with Crippen molar-refractivity contribution in [1.82, 2.24) is 0 Å². The van der Waals surface area contributed by atoms with E-state index in [1.54, 1.807) is 0 Å². The Morgan fingerprint density at radius 3 is 2.53 bits per heavy atom. The van der Waals surface area contributed by atoms with Crippen molar-refractivity contribution in [2.24, 2.45) is 5.73 Å². The summed E-state index contributed by atoms with van der Waals surface area (Å²) in [6.07, 6.45) is 0.469. The highest BCUT2D eigenvalue weighted by Crippen LogP contribution is 2.18. The highest BCUT2D eigenvalue weighted by atomic mass is 79.9. The third-order valence-corrected chi connectivity index (χ3v) is 2.88. The molecule has 1 aromatic rings. The Morgan fingerprint density at radius 1 is 1.41 bits per heavy atom. The van der Waals surface area contributed by atoms with Gasteiger partial charge in [0.2, 0.25) is 0 Å². The van der Waals surface area contributed by atoms with Gasteiger partial charge in [0.1, 0.15) is 11.6 Å². The summed E-state index contributed by atoms with van der Waals surface area (Å²) in [5, 5.41) is 0. The first-order valence-corrected chi connectivity index (χ1v) is 6.31. The van der Waals surface area contributed by atoms with Crippen LogP contribution in [-0.4, -0.2) is 17.6 Å². The summed E-state index contributed by atoms with van der Waals surface area (Å²) in [7, 11) is 0. The molecule has 1 rings (SSSR count). The van der Waals surface area contributed by atoms with E-state index in [0.717, 1.165) is 10.0 Å². The standard InChI is InChI=1S/C13H18BrNO2/c1-13(2,3)17-12(16)11(15)8-9-6-4-5-7-10(9)14/h4-7,11H,8,15H2,1-3H3. The number of ether oxygens (including phenoxy) is 1. The summed E-state index contributed by atoms with van der Waals surface area (Å²) in [5.41, 5.74) is 6.34. The van der Waals surface area contributed by atoms with E-state index in [2.05, 4.69) is 15.9 Å². The van der Waals surface area contributed by atoms with Crippen molar-refractivity contribution in [3.63, 3.8) is 0 Å². The van der Waals surface area contributed by atoms with Gasteiger partial charge in [-0.15, -0.1) is 0 Å². The molecule has 94 valence electrons. The first-order chi connectivity index (χ1) is 7.79. The lowest BCUT2D eigenvalue weighted by atomic mass is 10.1. The van der Waals surface area contributed by atoms with Crippen LogP contribution >= 0.6 is 15.9 Å². The normalized spacial score (nSPS) is 13.2. The minimum absolute atomic E-state index is 0.367. The first kappa shape index (κ1) is 14.2. The highest BCUT2D eigenvalue weighted by Gasteiger charge is 2.22. The summed E-state index contributed by atoms with van der Waals surface area (Å²) in [5.74, 6) is -0.367. The summed E-state index contributed by atoms with van der Waals surface area (Å²) in [6.45, 7) is 5.49. The summed E-state index contributed by atoms with van der Waals surface area (Å²) < 4.78 is 6.19. The van der Waals surface area contributed by atoms with Crippen LogP contribution in [0, 0.1) is 0 Å². The van der Waals surface area contributed by atoms with Crippen LogP contribution < -0.4 is 5.73 Å². The minimum Gasteiger partial charge on any atom is -0.459 e. The van der Waals surface area contributed by atoms with Gasteiger partial charge in [0.15, 0.2) is 0 Å². The Bertz CT molecular complexity index is 399. The number of benzene rings is 1. The van der Waals surface area contributed by atoms with E-state index in [9.17, 15) is 4.79 Å². The molecule has 1 atom stereocenters. The van der Waals surface area contributed by atoms with Gasteiger partial charge in [-0.1, -0.05) is 34.1 Å². The molecule has 0 radical (unpaired) electrons. The fraction of sp³-hybridized carbons (Fsp3) is 0.462. The Labute approximate surface area is 110 Å². The predicted octanol–water partition coefficient (Wildman–Crippen LogP) is 2.66. The summed E-state index contributed by atoms with van der Waals surface area (Å²) in [4.78, 5) is 11.7. The number of hydrogen-bond acceptors (Lipinski definition) is 3. The number of nitrogens with two attached hydrogens (primary N) is 1. The summed E-state index contributed by atoms with van der Waals surface area (Å²) >= 11 is 3.43. The molecule has 0 bridgehead atoms. The molecule has 1 aromatic carbocycles. The molecule has 0 fully saturated rings. The first-order valence-electron chi connectivity index (χ1n) is 5.51. The maximum atomic E-state index is 11.7. The SMILES string of the molecule is CC(C)(C)OC(=O)C(N)Cc1ccccc1Br. The van der Waals surface area contributed by atoms with Gasteiger partial charge < -0.3 is 10.5 Å². The van der Waals surface area contributed by atoms with E-state index in [4.69, 9.17) is 10.5 Å². The van der Waals surface area contributed by atoms with E-state index in [-0.39, 0.29) is 5.97 Å². The molecule has 0 heterocycles. The molecule has 0 aromatic heterocycles. The Balaban J connectivity index is 2.64. The van der Waals surface area contributed by atoms with Crippen LogP contribution in [0.2, 0.25) is 0 Å². The Kier molecular flexibility index (Phi) is 4.71. The second kappa shape index (κ2) is 5.65. The lowest BCUT2D eigenvalue weighted by Crippen LogP contribution is -2.38. The van der Waals surface area contributed by atoms with E-state index in [1.807, 2.05) is 45.0 Å². The topological polar surface area (TPSA) is 52.3 Å². The second-order valence-electron chi connectivity index (χ2n) is 4.94. The van der Waals surface area contributed by atoms with E-state index < -0.39 is 11.6 Å². The van der Waals surface area contributed by atoms with Crippen LogP contribution in [0.4, 0.5) is 0 Å². The second-order valence-corrected chi connectivity index (χ2v) is 5.79. The molecule has 2 N–H and O–H groups in total. The van der Waals surface area contributed by atoms with Crippen LogP contribution in [0.3, 0.4) is 0 Å². The van der Waals surface area contributed by atoms with Gasteiger partial charge in [0.25, 0.3) is 0 Å². The van der Waals surface area contributed by atoms with E-state index in [0.29, 0.717) is 6.42 Å². The molecule has 4 heteroatoms. The van der Waals surface area contributed by atoms with E-state index in [1.165, 1.54) is 0 Å². The Morgan fingerprint density at radius 2 is 2.00 bits per heavy atom. The zero-order valence-electron chi connectivity index (χ0n) is 10.4. The number of halogens is 1. The van der Waals surface area contributed by atoms with Gasteiger partial charge in [-0.05, 0) is 38.8 Å². The van der Waals surface area contributed by atoms with Gasteiger partial charge in [0, 0.05) is 4.47 Å². The monoisotopic (exact) mass is 299 g/mol. The van der Waals surface area contributed by atoms with Crippen LogP contribution in [0.5, 0.6) is 0 Å². The van der Waals surface area contributed by atoms with Gasteiger partial charge >= 0.3 is 5.97 Å². The highest BCUT2D eigenvalue weighted by molar-refractivity contribution is 9.10. The number of carbonyl (C=O) groups is 1. The van der Waals surface area contributed by atoms with Crippen molar-refractivity contribution in [2.45, 2.75) is 38.8 Å². The molecule has 17 heavy (non-hydrogen) atoms. The number of esters is 1. The molecule has 0 saturated heterocycles. The smallest absolute Gasteiger partial charge is 0.323 e. The molecular formula is C13H18BrNO2. The lowest BCUT2D eigenvalue weighted by Gasteiger charge is -2.22. The predicted molar refractivity (Wildman–Crippen MR) is 71.7 cm³/mol. The molecule has 0 aliphatic heterocycles. The molecule has 0 spiro atoms. The fourth-order valence-corrected chi connectivity index (χ4v) is 1.81. The molecular weight excluding hydrogens is 282 g/mol. The molecule has 3 nitrogen and oxygen atoms in total. The van der Waals surface area contributed by atoms with Gasteiger partial charge in [-0.25, -0.2) is 0 Å². The van der Waals surface area contributed by atoms with Gasteiger partial charge in [0.05, 0.1) is 0 Å². The third kappa shape index (κ3) is 4.88. The fourth-order valence-electron chi connectivity index (χ4n) is 1.36. The van der Waals surface area contributed by atoms with Crippen molar-refractivity contribution < 1.29 is 9.53 Å². The van der Waals surface area contributed by atoms with Gasteiger partial charge in [-0.3, -0.25) is 4.79 Å². The quantitative estimate of drug-likeness (QED) is 0.873. The van der Waals surface area contributed by atoms with E-state index >= 15 is 0 Å². The number of hydrogen-bond donors (Lipinski definition) is 1. The van der Waals surface area contributed by atoms with Crippen molar-refractivity contribution in [3.05, 3.63) is 34.3 Å². The summed E-state index contributed by atoms with van der Waals surface area (Å²) in [6, 6.07) is 7.08. The Hall–Kier alpha value is -0.870. The third-order valence-electron chi connectivity index (χ3n) is 2.11. The number of rotatable bonds is 3. The average Bonchev–Trinajstić information content (AvgIpc) is 2.18. The maximum Gasteiger partial charge on any atom is 0.323 e. The minimum atomic E-state index is -0.632. The van der Waals surface area contributed by atoms with Gasteiger partial charge in [-0.2, -0.15) is 0 Å². The molecule has 0 aliphatic rings. The van der Waals surface area contributed by atoms with Crippen molar-refractivity contribution >= 4 is 21.9 Å². The van der Waals surface area contributed by atoms with Crippen molar-refractivity contribution in [3.8, 4) is 0 Å². The molecule has 0 amide bonds.